The van der Waals surface area contributed by atoms with Crippen LogP contribution in [0.25, 0.3) is 0 Å². The number of hydrogen-bond acceptors (Lipinski definition) is 4. The summed E-state index contributed by atoms with van der Waals surface area (Å²) in [6.45, 7) is 6.70. The van der Waals surface area contributed by atoms with Crippen LogP contribution in [-0.2, 0) is 0 Å². The molecule has 0 bridgehead atoms. The number of aromatic nitrogens is 1. The van der Waals surface area contributed by atoms with Crippen molar-refractivity contribution in [2.75, 3.05) is 13.1 Å². The number of likely N-dealkylation sites (tertiary alicyclic amines) is 1. The molecule has 1 aromatic rings. The molecule has 18 heavy (non-hydrogen) atoms. The largest absolute Gasteiger partial charge is 0.436 e. The van der Waals surface area contributed by atoms with Crippen molar-refractivity contribution in [2.24, 2.45) is 5.92 Å². The second-order valence-corrected chi connectivity index (χ2v) is 5.46. The van der Waals surface area contributed by atoms with Crippen molar-refractivity contribution in [3.05, 3.63) is 17.8 Å². The van der Waals surface area contributed by atoms with Gasteiger partial charge in [0.1, 0.15) is 0 Å². The number of aryl methyl sites for hydroxylation is 1. The Balaban J connectivity index is 1.96. The zero-order valence-electron chi connectivity index (χ0n) is 11.1. The van der Waals surface area contributed by atoms with Gasteiger partial charge in [0, 0.05) is 20.0 Å². The fraction of sp³-hybridized carbons (Fsp3) is 0.692. The Bertz CT molecular complexity index is 426. The molecule has 2 heterocycles. The van der Waals surface area contributed by atoms with E-state index in [1.165, 1.54) is 6.20 Å². The molecule has 0 saturated carbocycles. The van der Waals surface area contributed by atoms with Crippen LogP contribution in [0.5, 0.6) is 0 Å². The zero-order chi connectivity index (χ0) is 13.3. The predicted molar refractivity (Wildman–Crippen MR) is 66.2 cm³/mol. The average molecular weight is 252 g/mol. The fourth-order valence-electron chi connectivity index (χ4n) is 2.41. The summed E-state index contributed by atoms with van der Waals surface area (Å²) in [6.07, 6.45) is 3.12. The third-order valence-corrected chi connectivity index (χ3v) is 3.61. The van der Waals surface area contributed by atoms with E-state index < -0.39 is 5.60 Å². The van der Waals surface area contributed by atoms with E-state index in [1.54, 1.807) is 11.8 Å². The molecular formula is C13H20N2O3. The van der Waals surface area contributed by atoms with Crippen molar-refractivity contribution < 1.29 is 14.3 Å². The molecule has 2 rings (SSSR count). The zero-order valence-corrected chi connectivity index (χ0v) is 11.1. The first kappa shape index (κ1) is 13.1. The first-order valence-electron chi connectivity index (χ1n) is 6.32. The normalized spacial score (nSPS) is 18.1. The lowest BCUT2D eigenvalue weighted by molar-refractivity contribution is -0.0112. The number of carbonyl (C=O) groups excluding carboxylic acids is 1. The van der Waals surface area contributed by atoms with Crippen LogP contribution in [0.15, 0.2) is 10.6 Å². The molecule has 1 N–H and O–H groups in total. The second kappa shape index (κ2) is 4.72. The van der Waals surface area contributed by atoms with Crippen LogP contribution < -0.4 is 0 Å². The van der Waals surface area contributed by atoms with Crippen molar-refractivity contribution in [1.29, 1.82) is 0 Å². The van der Waals surface area contributed by atoms with Crippen LogP contribution in [0.4, 0.5) is 0 Å². The van der Waals surface area contributed by atoms with Crippen molar-refractivity contribution >= 4 is 5.91 Å². The van der Waals surface area contributed by atoms with Crippen molar-refractivity contribution in [2.45, 2.75) is 39.2 Å². The quantitative estimate of drug-likeness (QED) is 0.868. The maximum absolute atomic E-state index is 12.1. The van der Waals surface area contributed by atoms with Gasteiger partial charge in [0.15, 0.2) is 5.89 Å². The Morgan fingerprint density at radius 3 is 2.56 bits per heavy atom. The molecule has 5 nitrogen and oxygen atoms in total. The number of carbonyl (C=O) groups is 1. The summed E-state index contributed by atoms with van der Waals surface area (Å²) >= 11 is 0. The molecule has 1 aliphatic rings. The minimum atomic E-state index is -0.669. The van der Waals surface area contributed by atoms with Gasteiger partial charge >= 0.3 is 0 Å². The predicted octanol–water partition coefficient (Wildman–Crippen LogP) is 1.61. The van der Waals surface area contributed by atoms with Gasteiger partial charge in [0.25, 0.3) is 5.91 Å². The maximum Gasteiger partial charge on any atom is 0.291 e. The van der Waals surface area contributed by atoms with E-state index in [4.69, 9.17) is 4.42 Å². The maximum atomic E-state index is 12.1. The van der Waals surface area contributed by atoms with E-state index >= 15 is 0 Å². The van der Waals surface area contributed by atoms with Crippen LogP contribution in [0.1, 0.15) is 43.1 Å². The number of amides is 1. The van der Waals surface area contributed by atoms with Crippen molar-refractivity contribution in [1.82, 2.24) is 9.88 Å². The monoisotopic (exact) mass is 252 g/mol. The fourth-order valence-corrected chi connectivity index (χ4v) is 2.41. The van der Waals surface area contributed by atoms with Gasteiger partial charge in [-0.3, -0.25) is 4.79 Å². The Kier molecular flexibility index (Phi) is 3.43. The molecule has 100 valence electrons. The van der Waals surface area contributed by atoms with Crippen LogP contribution in [-0.4, -0.2) is 39.6 Å². The highest BCUT2D eigenvalue weighted by atomic mass is 16.4. The van der Waals surface area contributed by atoms with Gasteiger partial charge in [-0.05, 0) is 32.6 Å². The number of nitrogens with zero attached hydrogens (tertiary/aromatic N) is 2. The molecule has 1 aliphatic heterocycles. The smallest absolute Gasteiger partial charge is 0.291 e. The second-order valence-electron chi connectivity index (χ2n) is 5.46. The van der Waals surface area contributed by atoms with E-state index in [-0.39, 0.29) is 11.8 Å². The van der Waals surface area contributed by atoms with Gasteiger partial charge < -0.3 is 14.4 Å². The third-order valence-electron chi connectivity index (χ3n) is 3.61. The highest BCUT2D eigenvalue weighted by Gasteiger charge is 2.32. The van der Waals surface area contributed by atoms with Crippen molar-refractivity contribution in [3.8, 4) is 0 Å². The summed E-state index contributed by atoms with van der Waals surface area (Å²) in [5.74, 6) is 0.946. The Labute approximate surface area is 107 Å². The molecular weight excluding hydrogens is 232 g/mol. The van der Waals surface area contributed by atoms with E-state index in [9.17, 15) is 9.90 Å². The molecule has 0 aliphatic carbocycles. The molecule has 0 unspecified atom stereocenters. The number of piperidine rings is 1. The Morgan fingerprint density at radius 1 is 1.50 bits per heavy atom. The summed E-state index contributed by atoms with van der Waals surface area (Å²) in [5, 5.41) is 9.96. The molecule has 0 aromatic carbocycles. The highest BCUT2D eigenvalue weighted by molar-refractivity contribution is 5.91. The summed E-state index contributed by atoms with van der Waals surface area (Å²) in [5.41, 5.74) is -0.669. The summed E-state index contributed by atoms with van der Waals surface area (Å²) in [6, 6.07) is 0. The van der Waals surface area contributed by atoms with Gasteiger partial charge in [0.2, 0.25) is 5.76 Å². The molecule has 5 heteroatoms. The average Bonchev–Trinajstić information content (AvgIpc) is 2.74. The molecule has 1 amide bonds. The lowest BCUT2D eigenvalue weighted by Crippen LogP contribution is -2.44. The Morgan fingerprint density at radius 2 is 2.11 bits per heavy atom. The SMILES string of the molecule is Cc1ncc(C(=O)N2CCC(C(C)(C)O)CC2)o1. The molecule has 1 saturated heterocycles. The summed E-state index contributed by atoms with van der Waals surface area (Å²) < 4.78 is 5.24. The number of aliphatic hydroxyl groups is 1. The van der Waals surface area contributed by atoms with Crippen molar-refractivity contribution in [3.63, 3.8) is 0 Å². The molecule has 1 fully saturated rings. The standard InChI is InChI=1S/C13H20N2O3/c1-9-14-8-11(18-9)12(16)15-6-4-10(5-7-15)13(2,3)17/h8,10,17H,4-7H2,1-3H3. The highest BCUT2D eigenvalue weighted by Crippen LogP contribution is 2.28. The van der Waals surface area contributed by atoms with Gasteiger partial charge in [-0.25, -0.2) is 4.98 Å². The molecule has 0 radical (unpaired) electrons. The Hall–Kier alpha value is -1.36. The van der Waals surface area contributed by atoms with E-state index in [2.05, 4.69) is 4.98 Å². The van der Waals surface area contributed by atoms with Crippen LogP contribution in [0, 0.1) is 12.8 Å². The number of oxazole rings is 1. The van der Waals surface area contributed by atoms with E-state index in [0.29, 0.717) is 24.7 Å². The van der Waals surface area contributed by atoms with Gasteiger partial charge in [-0.1, -0.05) is 0 Å². The lowest BCUT2D eigenvalue weighted by Gasteiger charge is -2.37. The minimum Gasteiger partial charge on any atom is -0.436 e. The lowest BCUT2D eigenvalue weighted by atomic mass is 9.83. The molecule has 1 aromatic heterocycles. The van der Waals surface area contributed by atoms with Gasteiger partial charge in [-0.15, -0.1) is 0 Å². The number of rotatable bonds is 2. The topological polar surface area (TPSA) is 66.6 Å². The third kappa shape index (κ3) is 2.72. The van der Waals surface area contributed by atoms with E-state index in [1.807, 2.05) is 13.8 Å². The minimum absolute atomic E-state index is 0.107. The molecule has 0 atom stereocenters. The van der Waals surface area contributed by atoms with E-state index in [0.717, 1.165) is 12.8 Å². The van der Waals surface area contributed by atoms with Crippen LogP contribution in [0.3, 0.4) is 0 Å². The number of hydrogen-bond donors (Lipinski definition) is 1. The first-order valence-corrected chi connectivity index (χ1v) is 6.32. The van der Waals surface area contributed by atoms with Gasteiger partial charge in [-0.2, -0.15) is 0 Å². The summed E-state index contributed by atoms with van der Waals surface area (Å²) in [7, 11) is 0. The van der Waals surface area contributed by atoms with Crippen LogP contribution in [0.2, 0.25) is 0 Å². The summed E-state index contributed by atoms with van der Waals surface area (Å²) in [4.78, 5) is 17.8. The first-order chi connectivity index (χ1) is 8.38. The molecule has 0 spiro atoms. The van der Waals surface area contributed by atoms with Gasteiger partial charge in [0.05, 0.1) is 11.8 Å². The van der Waals surface area contributed by atoms with Crippen LogP contribution >= 0.6 is 0 Å².